The van der Waals surface area contributed by atoms with Gasteiger partial charge in [-0.2, -0.15) is 0 Å². The molecule has 0 aliphatic rings. The molecule has 0 saturated heterocycles. The maximum atomic E-state index is 5.96. The van der Waals surface area contributed by atoms with E-state index in [0.717, 1.165) is 11.1 Å². The van der Waals surface area contributed by atoms with E-state index in [1.165, 1.54) is 0 Å². The molecule has 4 heteroatoms. The van der Waals surface area contributed by atoms with E-state index in [0.29, 0.717) is 18.0 Å². The van der Waals surface area contributed by atoms with E-state index in [9.17, 15) is 0 Å². The number of benzene rings is 1. The summed E-state index contributed by atoms with van der Waals surface area (Å²) in [4.78, 5) is 4.00. The number of hydrogen-bond acceptors (Lipinski definition) is 4. The summed E-state index contributed by atoms with van der Waals surface area (Å²) < 4.78 is 11.3. The van der Waals surface area contributed by atoms with Crippen LogP contribution in [0, 0.1) is 0 Å². The average molecular weight is 258 g/mol. The molecule has 0 saturated carbocycles. The Balaban J connectivity index is 2.22. The average Bonchev–Trinajstić information content (AvgIpc) is 2.48. The van der Waals surface area contributed by atoms with Gasteiger partial charge in [0.15, 0.2) is 11.5 Å². The number of rotatable bonds is 5. The predicted octanol–water partition coefficient (Wildman–Crippen LogP) is 2.69. The highest BCUT2D eigenvalue weighted by atomic mass is 16.5. The van der Waals surface area contributed by atoms with Crippen LogP contribution >= 0.6 is 0 Å². The van der Waals surface area contributed by atoms with E-state index < -0.39 is 0 Å². The van der Waals surface area contributed by atoms with Crippen molar-refractivity contribution in [1.82, 2.24) is 4.98 Å². The normalized spacial score (nSPS) is 11.9. The first-order valence-corrected chi connectivity index (χ1v) is 6.18. The van der Waals surface area contributed by atoms with Gasteiger partial charge in [0.1, 0.15) is 6.10 Å². The van der Waals surface area contributed by atoms with Crippen LogP contribution in [0.2, 0.25) is 0 Å². The van der Waals surface area contributed by atoms with Gasteiger partial charge >= 0.3 is 0 Å². The highest BCUT2D eigenvalue weighted by Crippen LogP contribution is 2.31. The lowest BCUT2D eigenvalue weighted by Crippen LogP contribution is -2.05. The molecule has 0 aliphatic heterocycles. The van der Waals surface area contributed by atoms with Gasteiger partial charge in [0, 0.05) is 18.9 Å². The van der Waals surface area contributed by atoms with Crippen LogP contribution in [0.5, 0.6) is 11.5 Å². The molecule has 2 rings (SSSR count). The fourth-order valence-corrected chi connectivity index (χ4v) is 1.83. The third-order valence-corrected chi connectivity index (χ3v) is 2.94. The number of ether oxygens (including phenoxy) is 2. The van der Waals surface area contributed by atoms with Gasteiger partial charge in [0.25, 0.3) is 0 Å². The maximum Gasteiger partial charge on any atom is 0.162 e. The Kier molecular flexibility index (Phi) is 4.36. The van der Waals surface area contributed by atoms with Crippen LogP contribution in [0.3, 0.4) is 0 Å². The van der Waals surface area contributed by atoms with Crippen molar-refractivity contribution in [2.75, 3.05) is 7.11 Å². The van der Waals surface area contributed by atoms with Gasteiger partial charge in [-0.3, -0.25) is 4.98 Å². The van der Waals surface area contributed by atoms with Crippen molar-refractivity contribution < 1.29 is 9.47 Å². The lowest BCUT2D eigenvalue weighted by molar-refractivity contribution is 0.215. The summed E-state index contributed by atoms with van der Waals surface area (Å²) in [6, 6.07) is 9.59. The first-order chi connectivity index (χ1) is 9.24. The van der Waals surface area contributed by atoms with Crippen molar-refractivity contribution in [3.8, 4) is 11.5 Å². The quantitative estimate of drug-likeness (QED) is 0.895. The van der Waals surface area contributed by atoms with E-state index in [1.54, 1.807) is 19.5 Å². The SMILES string of the molecule is COc1ccc(CN)cc1OC(C)c1ccncc1. The van der Waals surface area contributed by atoms with E-state index in [4.69, 9.17) is 15.2 Å². The van der Waals surface area contributed by atoms with Gasteiger partial charge in [0.05, 0.1) is 7.11 Å². The van der Waals surface area contributed by atoms with Crippen molar-refractivity contribution in [3.63, 3.8) is 0 Å². The molecule has 0 spiro atoms. The van der Waals surface area contributed by atoms with E-state index in [2.05, 4.69) is 4.98 Å². The highest BCUT2D eigenvalue weighted by Gasteiger charge is 2.11. The van der Waals surface area contributed by atoms with Crippen LogP contribution in [-0.4, -0.2) is 12.1 Å². The number of hydrogen-bond donors (Lipinski definition) is 1. The first-order valence-electron chi connectivity index (χ1n) is 6.18. The van der Waals surface area contributed by atoms with E-state index in [-0.39, 0.29) is 6.10 Å². The third-order valence-electron chi connectivity index (χ3n) is 2.94. The molecule has 0 bridgehead atoms. The van der Waals surface area contributed by atoms with Crippen LogP contribution < -0.4 is 15.2 Å². The summed E-state index contributed by atoms with van der Waals surface area (Å²) in [7, 11) is 1.63. The summed E-state index contributed by atoms with van der Waals surface area (Å²) >= 11 is 0. The zero-order valence-corrected chi connectivity index (χ0v) is 11.2. The summed E-state index contributed by atoms with van der Waals surface area (Å²) in [6.45, 7) is 2.47. The smallest absolute Gasteiger partial charge is 0.162 e. The molecular formula is C15H18N2O2. The fraction of sp³-hybridized carbons (Fsp3) is 0.267. The molecule has 0 radical (unpaired) electrons. The monoisotopic (exact) mass is 258 g/mol. The van der Waals surface area contributed by atoms with Crippen LogP contribution in [0.25, 0.3) is 0 Å². The lowest BCUT2D eigenvalue weighted by atomic mass is 10.1. The second kappa shape index (κ2) is 6.20. The first kappa shape index (κ1) is 13.4. The van der Waals surface area contributed by atoms with Gasteiger partial charge in [-0.25, -0.2) is 0 Å². The van der Waals surface area contributed by atoms with E-state index >= 15 is 0 Å². The number of nitrogens with two attached hydrogens (primary N) is 1. The molecule has 1 heterocycles. The van der Waals surface area contributed by atoms with Crippen molar-refractivity contribution in [1.29, 1.82) is 0 Å². The molecule has 1 unspecified atom stereocenters. The molecule has 0 fully saturated rings. The molecule has 0 aliphatic carbocycles. The predicted molar refractivity (Wildman–Crippen MR) is 74.2 cm³/mol. The highest BCUT2D eigenvalue weighted by molar-refractivity contribution is 5.43. The van der Waals surface area contributed by atoms with Gasteiger partial charge < -0.3 is 15.2 Å². The lowest BCUT2D eigenvalue weighted by Gasteiger charge is -2.17. The number of aromatic nitrogens is 1. The summed E-state index contributed by atoms with van der Waals surface area (Å²) in [5, 5.41) is 0. The fourth-order valence-electron chi connectivity index (χ4n) is 1.83. The van der Waals surface area contributed by atoms with Crippen molar-refractivity contribution in [2.45, 2.75) is 19.6 Å². The molecule has 1 aromatic carbocycles. The van der Waals surface area contributed by atoms with Crippen LogP contribution in [0.15, 0.2) is 42.7 Å². The zero-order valence-electron chi connectivity index (χ0n) is 11.2. The van der Waals surface area contributed by atoms with Gasteiger partial charge in [-0.15, -0.1) is 0 Å². The molecule has 2 aromatic rings. The standard InChI is InChI=1S/C15H18N2O2/c1-11(13-5-7-17-8-6-13)19-15-9-12(10-16)3-4-14(15)18-2/h3-9,11H,10,16H2,1-2H3. The third kappa shape index (κ3) is 3.23. The number of nitrogens with zero attached hydrogens (tertiary/aromatic N) is 1. The molecule has 1 atom stereocenters. The van der Waals surface area contributed by atoms with Gasteiger partial charge in [-0.05, 0) is 42.3 Å². The second-order valence-corrected chi connectivity index (χ2v) is 4.23. The Morgan fingerprint density at radius 2 is 1.89 bits per heavy atom. The van der Waals surface area contributed by atoms with Crippen molar-refractivity contribution in [3.05, 3.63) is 53.9 Å². The summed E-state index contributed by atoms with van der Waals surface area (Å²) in [5.41, 5.74) is 7.72. The van der Waals surface area contributed by atoms with E-state index in [1.807, 2.05) is 37.3 Å². The van der Waals surface area contributed by atoms with Crippen molar-refractivity contribution in [2.24, 2.45) is 5.73 Å². The maximum absolute atomic E-state index is 5.96. The molecule has 0 amide bonds. The molecule has 2 N–H and O–H groups in total. The van der Waals surface area contributed by atoms with Crippen LogP contribution in [0.1, 0.15) is 24.2 Å². The minimum Gasteiger partial charge on any atom is -0.493 e. The van der Waals surface area contributed by atoms with Crippen molar-refractivity contribution >= 4 is 0 Å². The Labute approximate surface area is 113 Å². The Morgan fingerprint density at radius 1 is 1.16 bits per heavy atom. The summed E-state index contributed by atoms with van der Waals surface area (Å²) in [6.07, 6.45) is 3.43. The molecule has 100 valence electrons. The van der Waals surface area contributed by atoms with Crippen LogP contribution in [0.4, 0.5) is 0 Å². The second-order valence-electron chi connectivity index (χ2n) is 4.23. The molecule has 19 heavy (non-hydrogen) atoms. The number of pyridine rings is 1. The number of methoxy groups -OCH3 is 1. The largest absolute Gasteiger partial charge is 0.493 e. The summed E-state index contributed by atoms with van der Waals surface area (Å²) in [5.74, 6) is 1.41. The topological polar surface area (TPSA) is 57.4 Å². The van der Waals surface area contributed by atoms with Gasteiger partial charge in [0.2, 0.25) is 0 Å². The molecule has 1 aromatic heterocycles. The molecular weight excluding hydrogens is 240 g/mol. The minimum atomic E-state index is -0.0788. The minimum absolute atomic E-state index is 0.0788. The zero-order chi connectivity index (χ0) is 13.7. The molecule has 4 nitrogen and oxygen atoms in total. The Hall–Kier alpha value is -2.07. The Bertz CT molecular complexity index is 529. The Morgan fingerprint density at radius 3 is 2.53 bits per heavy atom. The van der Waals surface area contributed by atoms with Gasteiger partial charge in [-0.1, -0.05) is 6.07 Å². The van der Waals surface area contributed by atoms with Crippen LogP contribution in [-0.2, 0) is 6.54 Å².